The number of rotatable bonds is 8. The van der Waals surface area contributed by atoms with Gasteiger partial charge in [0.2, 0.25) is 11.8 Å². The van der Waals surface area contributed by atoms with Crippen molar-refractivity contribution in [2.24, 2.45) is 0 Å². The first-order chi connectivity index (χ1) is 13.3. The van der Waals surface area contributed by atoms with Crippen LogP contribution in [-0.2, 0) is 15.0 Å². The topological polar surface area (TPSA) is 76.7 Å². The highest BCUT2D eigenvalue weighted by Crippen LogP contribution is 2.23. The molecule has 0 heterocycles. The maximum absolute atomic E-state index is 12.0. The molecule has 0 unspecified atom stereocenters. The first kappa shape index (κ1) is 21.3. The predicted octanol–water partition coefficient (Wildman–Crippen LogP) is 3.52. The van der Waals surface area contributed by atoms with Gasteiger partial charge in [-0.05, 0) is 47.4 Å². The van der Waals surface area contributed by atoms with Crippen molar-refractivity contribution in [3.63, 3.8) is 0 Å². The summed E-state index contributed by atoms with van der Waals surface area (Å²) in [5.74, 6) is 0.741. The molecule has 150 valence electrons. The zero-order valence-electron chi connectivity index (χ0n) is 16.9. The van der Waals surface area contributed by atoms with Crippen LogP contribution in [0.25, 0.3) is 0 Å². The lowest BCUT2D eigenvalue weighted by Crippen LogP contribution is -2.31. The summed E-state index contributed by atoms with van der Waals surface area (Å²) in [6.07, 6.45) is -0.233. The van der Waals surface area contributed by atoms with Gasteiger partial charge in [0.1, 0.15) is 24.5 Å². The smallest absolute Gasteiger partial charge is 0.233 e. The molecule has 6 heteroatoms. The van der Waals surface area contributed by atoms with Gasteiger partial charge in [-0.15, -0.1) is 0 Å². The van der Waals surface area contributed by atoms with Gasteiger partial charge in [-0.2, -0.15) is 0 Å². The molecule has 0 radical (unpaired) electrons. The Morgan fingerprint density at radius 1 is 0.893 bits per heavy atom. The summed E-state index contributed by atoms with van der Waals surface area (Å²) in [5, 5.41) is 5.41. The summed E-state index contributed by atoms with van der Waals surface area (Å²) < 4.78 is 10.6. The maximum atomic E-state index is 12.0. The van der Waals surface area contributed by atoms with E-state index in [0.29, 0.717) is 24.6 Å². The van der Waals surface area contributed by atoms with Crippen molar-refractivity contribution in [2.45, 2.75) is 32.6 Å². The second-order valence-corrected chi connectivity index (χ2v) is 7.43. The minimum Gasteiger partial charge on any atom is -0.497 e. The molecule has 0 aliphatic heterocycles. The molecule has 0 saturated heterocycles. The summed E-state index contributed by atoms with van der Waals surface area (Å²) in [5.41, 5.74) is 1.91. The number of benzene rings is 2. The molecule has 2 rings (SSSR count). The van der Waals surface area contributed by atoms with Crippen LogP contribution in [0.15, 0.2) is 48.5 Å². The van der Waals surface area contributed by atoms with Gasteiger partial charge < -0.3 is 20.1 Å². The molecule has 0 atom stereocenters. The van der Waals surface area contributed by atoms with E-state index in [1.165, 1.54) is 5.56 Å². The van der Waals surface area contributed by atoms with E-state index in [-0.39, 0.29) is 23.7 Å². The Bertz CT molecular complexity index is 778. The van der Waals surface area contributed by atoms with Gasteiger partial charge in [0.25, 0.3) is 0 Å². The first-order valence-corrected chi connectivity index (χ1v) is 9.22. The molecule has 0 aliphatic carbocycles. The Morgan fingerprint density at radius 3 is 2.07 bits per heavy atom. The number of amides is 2. The summed E-state index contributed by atoms with van der Waals surface area (Å²) >= 11 is 0. The van der Waals surface area contributed by atoms with E-state index in [1.807, 2.05) is 24.3 Å². The largest absolute Gasteiger partial charge is 0.497 e. The van der Waals surface area contributed by atoms with Crippen LogP contribution in [0, 0.1) is 0 Å². The zero-order chi connectivity index (χ0) is 20.6. The molecule has 2 aromatic rings. The molecule has 0 fully saturated rings. The standard InChI is InChI=1S/C22H28N2O4/c1-22(2,3)16-5-7-17(8-6-16)24-21(26)15-20(25)23-13-14-28-19-11-9-18(27-4)10-12-19/h5-12H,13-15H2,1-4H3,(H,23,25)(H,24,26). The monoisotopic (exact) mass is 384 g/mol. The zero-order valence-corrected chi connectivity index (χ0v) is 16.9. The number of hydrogen-bond donors (Lipinski definition) is 2. The Balaban J connectivity index is 1.68. The fourth-order valence-electron chi connectivity index (χ4n) is 2.50. The Hall–Kier alpha value is -3.02. The van der Waals surface area contributed by atoms with Crippen molar-refractivity contribution in [3.8, 4) is 11.5 Å². The van der Waals surface area contributed by atoms with Gasteiger partial charge in [-0.3, -0.25) is 9.59 Å². The average molecular weight is 384 g/mol. The molecule has 0 bridgehead atoms. The van der Waals surface area contributed by atoms with Crippen molar-refractivity contribution in [3.05, 3.63) is 54.1 Å². The predicted molar refractivity (Wildman–Crippen MR) is 110 cm³/mol. The fourth-order valence-corrected chi connectivity index (χ4v) is 2.50. The Labute approximate surface area is 166 Å². The Kier molecular flexibility index (Phi) is 7.44. The quantitative estimate of drug-likeness (QED) is 0.539. The molecular formula is C22H28N2O4. The molecule has 0 aromatic heterocycles. The minimum absolute atomic E-state index is 0.0519. The molecular weight excluding hydrogens is 356 g/mol. The highest BCUT2D eigenvalue weighted by Gasteiger charge is 2.14. The fraction of sp³-hybridized carbons (Fsp3) is 0.364. The van der Waals surface area contributed by atoms with Crippen molar-refractivity contribution in [1.82, 2.24) is 5.32 Å². The van der Waals surface area contributed by atoms with Crippen LogP contribution in [0.4, 0.5) is 5.69 Å². The summed E-state index contributed by atoms with van der Waals surface area (Å²) in [6.45, 7) is 7.02. The summed E-state index contributed by atoms with van der Waals surface area (Å²) in [4.78, 5) is 23.9. The average Bonchev–Trinajstić information content (AvgIpc) is 2.65. The minimum atomic E-state index is -0.350. The van der Waals surface area contributed by atoms with E-state index < -0.39 is 0 Å². The highest BCUT2D eigenvalue weighted by atomic mass is 16.5. The SMILES string of the molecule is COc1ccc(OCCNC(=O)CC(=O)Nc2ccc(C(C)(C)C)cc2)cc1. The third-order valence-electron chi connectivity index (χ3n) is 4.11. The van der Waals surface area contributed by atoms with Crippen LogP contribution in [0.2, 0.25) is 0 Å². The van der Waals surface area contributed by atoms with Crippen molar-refractivity contribution in [1.29, 1.82) is 0 Å². The van der Waals surface area contributed by atoms with Gasteiger partial charge in [-0.25, -0.2) is 0 Å². The van der Waals surface area contributed by atoms with Crippen LogP contribution >= 0.6 is 0 Å². The lowest BCUT2D eigenvalue weighted by Gasteiger charge is -2.19. The van der Waals surface area contributed by atoms with E-state index in [2.05, 4.69) is 31.4 Å². The molecule has 0 spiro atoms. The van der Waals surface area contributed by atoms with Crippen molar-refractivity contribution < 1.29 is 19.1 Å². The van der Waals surface area contributed by atoms with E-state index in [0.717, 1.165) is 5.75 Å². The third kappa shape index (κ3) is 6.95. The van der Waals surface area contributed by atoms with Gasteiger partial charge in [0, 0.05) is 5.69 Å². The second-order valence-electron chi connectivity index (χ2n) is 7.43. The summed E-state index contributed by atoms with van der Waals surface area (Å²) in [6, 6.07) is 14.8. The molecule has 2 aromatic carbocycles. The first-order valence-electron chi connectivity index (χ1n) is 9.22. The van der Waals surface area contributed by atoms with Crippen LogP contribution in [-0.4, -0.2) is 32.1 Å². The van der Waals surface area contributed by atoms with Crippen LogP contribution in [0.1, 0.15) is 32.8 Å². The van der Waals surface area contributed by atoms with Crippen LogP contribution < -0.4 is 20.1 Å². The third-order valence-corrected chi connectivity index (χ3v) is 4.11. The van der Waals surface area contributed by atoms with Gasteiger partial charge in [0.05, 0.1) is 13.7 Å². The molecule has 0 saturated carbocycles. The molecule has 2 N–H and O–H groups in total. The number of nitrogens with one attached hydrogen (secondary N) is 2. The van der Waals surface area contributed by atoms with Gasteiger partial charge >= 0.3 is 0 Å². The van der Waals surface area contributed by atoms with Gasteiger partial charge in [-0.1, -0.05) is 32.9 Å². The number of hydrogen-bond acceptors (Lipinski definition) is 4. The van der Waals surface area contributed by atoms with E-state index in [9.17, 15) is 9.59 Å². The van der Waals surface area contributed by atoms with E-state index in [4.69, 9.17) is 9.47 Å². The number of carbonyl (C=O) groups is 2. The van der Waals surface area contributed by atoms with Crippen LogP contribution in [0.5, 0.6) is 11.5 Å². The maximum Gasteiger partial charge on any atom is 0.233 e. The van der Waals surface area contributed by atoms with Gasteiger partial charge in [0.15, 0.2) is 0 Å². The Morgan fingerprint density at radius 2 is 1.50 bits per heavy atom. The second kappa shape index (κ2) is 9.78. The van der Waals surface area contributed by atoms with Crippen molar-refractivity contribution in [2.75, 3.05) is 25.6 Å². The highest BCUT2D eigenvalue weighted by molar-refractivity contribution is 6.03. The van der Waals surface area contributed by atoms with Crippen molar-refractivity contribution >= 4 is 17.5 Å². The number of carbonyl (C=O) groups excluding carboxylic acids is 2. The molecule has 2 amide bonds. The number of ether oxygens (including phenoxy) is 2. The number of methoxy groups -OCH3 is 1. The van der Waals surface area contributed by atoms with E-state index >= 15 is 0 Å². The number of anilines is 1. The lowest BCUT2D eigenvalue weighted by molar-refractivity contribution is -0.126. The lowest BCUT2D eigenvalue weighted by atomic mass is 9.87. The van der Waals surface area contributed by atoms with E-state index in [1.54, 1.807) is 31.4 Å². The molecule has 28 heavy (non-hydrogen) atoms. The normalized spacial score (nSPS) is 10.9. The molecule has 6 nitrogen and oxygen atoms in total. The van der Waals surface area contributed by atoms with Crippen LogP contribution in [0.3, 0.4) is 0 Å². The summed E-state index contributed by atoms with van der Waals surface area (Å²) in [7, 11) is 1.60. The molecule has 0 aliphatic rings.